The molecule has 2 fully saturated rings. The highest BCUT2D eigenvalue weighted by atomic mass is 16.4. The van der Waals surface area contributed by atoms with Crippen molar-refractivity contribution < 1.29 is 24.6 Å². The van der Waals surface area contributed by atoms with Gasteiger partial charge in [-0.3, -0.25) is 9.69 Å². The molecule has 0 unspecified atom stereocenters. The Bertz CT molecular complexity index is 884. The molecular formula is C23H31N3O5. The Hall–Kier alpha value is -2.87. The molecule has 2 heterocycles. The molecule has 2 aromatic rings. The average Bonchev–Trinajstić information content (AvgIpc) is 3.43. The zero-order valence-corrected chi connectivity index (χ0v) is 17.8. The lowest BCUT2D eigenvalue weighted by Crippen LogP contribution is -2.48. The molecule has 1 aliphatic heterocycles. The summed E-state index contributed by atoms with van der Waals surface area (Å²) in [6.45, 7) is 4.69. The van der Waals surface area contributed by atoms with Crippen LogP contribution in [0.15, 0.2) is 30.5 Å². The number of carboxylic acid groups (broad SMARTS) is 2. The van der Waals surface area contributed by atoms with Crippen LogP contribution in [0.2, 0.25) is 0 Å². The normalized spacial score (nSPS) is 17.4. The van der Waals surface area contributed by atoms with Gasteiger partial charge in [0.05, 0.1) is 0 Å². The maximum Gasteiger partial charge on any atom is 0.414 e. The predicted octanol–water partition coefficient (Wildman–Crippen LogP) is 2.94. The zero-order chi connectivity index (χ0) is 22.2. The Morgan fingerprint density at radius 3 is 2.26 bits per heavy atom. The number of piperazine rings is 1. The summed E-state index contributed by atoms with van der Waals surface area (Å²) in [6.07, 6.45) is 9.40. The van der Waals surface area contributed by atoms with Crippen molar-refractivity contribution in [3.63, 3.8) is 0 Å². The summed E-state index contributed by atoms with van der Waals surface area (Å²) in [5.74, 6) is -2.46. The Labute approximate surface area is 181 Å². The predicted molar refractivity (Wildman–Crippen MR) is 117 cm³/mol. The number of nitrogens with zero attached hydrogens (tertiary/aromatic N) is 2. The first kappa shape index (κ1) is 22.8. The van der Waals surface area contributed by atoms with Gasteiger partial charge >= 0.3 is 11.9 Å². The molecular weight excluding hydrogens is 398 g/mol. The third-order valence-corrected chi connectivity index (χ3v) is 6.22. The number of para-hydroxylation sites is 1. The van der Waals surface area contributed by atoms with Crippen LogP contribution in [0.5, 0.6) is 0 Å². The van der Waals surface area contributed by atoms with Crippen molar-refractivity contribution in [1.82, 2.24) is 14.8 Å². The van der Waals surface area contributed by atoms with Gasteiger partial charge in [0.15, 0.2) is 0 Å². The maximum atomic E-state index is 12.5. The number of amides is 1. The van der Waals surface area contributed by atoms with Crippen molar-refractivity contribution in [2.24, 2.45) is 5.92 Å². The molecule has 1 saturated heterocycles. The number of benzene rings is 1. The number of carbonyl (C=O) groups is 3. The molecule has 4 rings (SSSR count). The number of rotatable bonds is 5. The van der Waals surface area contributed by atoms with Gasteiger partial charge in [0.25, 0.3) is 0 Å². The van der Waals surface area contributed by atoms with Crippen LogP contribution >= 0.6 is 0 Å². The number of carboxylic acids is 2. The highest BCUT2D eigenvalue weighted by Crippen LogP contribution is 2.28. The van der Waals surface area contributed by atoms with Crippen molar-refractivity contribution in [3.05, 3.63) is 36.0 Å². The molecule has 31 heavy (non-hydrogen) atoms. The maximum absolute atomic E-state index is 12.5. The number of hydrogen-bond donors (Lipinski definition) is 3. The lowest BCUT2D eigenvalue weighted by atomic mass is 10.0. The topological polar surface area (TPSA) is 114 Å². The average molecular weight is 430 g/mol. The van der Waals surface area contributed by atoms with Gasteiger partial charge in [-0.1, -0.05) is 43.9 Å². The minimum Gasteiger partial charge on any atom is -0.473 e. The molecule has 0 radical (unpaired) electrons. The Balaban J connectivity index is 0.000000401. The molecule has 0 spiro atoms. The first-order chi connectivity index (χ1) is 14.9. The molecule has 1 aromatic heterocycles. The second-order valence-electron chi connectivity index (χ2n) is 8.32. The van der Waals surface area contributed by atoms with E-state index < -0.39 is 11.9 Å². The van der Waals surface area contributed by atoms with Crippen LogP contribution in [0.3, 0.4) is 0 Å². The zero-order valence-electron chi connectivity index (χ0n) is 17.8. The summed E-state index contributed by atoms with van der Waals surface area (Å²) in [5, 5.41) is 16.1. The highest BCUT2D eigenvalue weighted by molar-refractivity contribution is 6.27. The van der Waals surface area contributed by atoms with E-state index in [-0.39, 0.29) is 0 Å². The van der Waals surface area contributed by atoms with Crippen LogP contribution in [0, 0.1) is 5.92 Å². The summed E-state index contributed by atoms with van der Waals surface area (Å²) in [4.78, 5) is 38.6. The largest absolute Gasteiger partial charge is 0.473 e. The van der Waals surface area contributed by atoms with E-state index in [1.807, 2.05) is 0 Å². The van der Waals surface area contributed by atoms with Crippen LogP contribution < -0.4 is 0 Å². The van der Waals surface area contributed by atoms with Crippen molar-refractivity contribution in [1.29, 1.82) is 0 Å². The molecule has 2 aliphatic rings. The monoisotopic (exact) mass is 429 g/mol. The van der Waals surface area contributed by atoms with Crippen LogP contribution in [0.1, 0.15) is 44.1 Å². The number of hydrogen-bond acceptors (Lipinski definition) is 4. The van der Waals surface area contributed by atoms with E-state index in [1.54, 1.807) is 0 Å². The van der Waals surface area contributed by atoms with Crippen molar-refractivity contribution in [2.75, 3.05) is 26.2 Å². The minimum atomic E-state index is -1.82. The number of aromatic amines is 1. The molecule has 0 bridgehead atoms. The van der Waals surface area contributed by atoms with Gasteiger partial charge in [-0.15, -0.1) is 0 Å². The summed E-state index contributed by atoms with van der Waals surface area (Å²) >= 11 is 0. The summed E-state index contributed by atoms with van der Waals surface area (Å²) in [7, 11) is 0. The van der Waals surface area contributed by atoms with E-state index in [0.717, 1.165) is 51.5 Å². The fourth-order valence-corrected chi connectivity index (χ4v) is 4.44. The molecule has 1 amide bonds. The molecule has 8 nitrogen and oxygen atoms in total. The summed E-state index contributed by atoms with van der Waals surface area (Å²) in [5.41, 5.74) is 2.56. The molecule has 3 N–H and O–H groups in total. The lowest BCUT2D eigenvalue weighted by molar-refractivity contribution is -0.159. The van der Waals surface area contributed by atoms with Crippen molar-refractivity contribution in [3.8, 4) is 0 Å². The third-order valence-electron chi connectivity index (χ3n) is 6.22. The van der Waals surface area contributed by atoms with Crippen LogP contribution in [0.4, 0.5) is 0 Å². The lowest BCUT2D eigenvalue weighted by Gasteiger charge is -2.35. The van der Waals surface area contributed by atoms with E-state index in [2.05, 4.69) is 45.2 Å². The smallest absolute Gasteiger partial charge is 0.414 e. The SMILES string of the molecule is O=C(CCC1CCCC1)N1CCN(Cc2c[nH]c3ccccc23)CC1.O=C(O)C(=O)O. The fourth-order valence-electron chi connectivity index (χ4n) is 4.44. The Morgan fingerprint density at radius 2 is 1.61 bits per heavy atom. The van der Waals surface area contributed by atoms with E-state index in [4.69, 9.17) is 19.8 Å². The van der Waals surface area contributed by atoms with E-state index in [0.29, 0.717) is 5.91 Å². The van der Waals surface area contributed by atoms with E-state index in [1.165, 1.54) is 42.1 Å². The molecule has 1 saturated carbocycles. The van der Waals surface area contributed by atoms with Crippen LogP contribution in [-0.4, -0.2) is 69.0 Å². The number of carbonyl (C=O) groups excluding carboxylic acids is 1. The first-order valence-electron chi connectivity index (χ1n) is 11.0. The van der Waals surface area contributed by atoms with Crippen LogP contribution in [-0.2, 0) is 20.9 Å². The number of fused-ring (bicyclic) bond motifs is 1. The van der Waals surface area contributed by atoms with Crippen molar-refractivity contribution >= 4 is 28.7 Å². The summed E-state index contributed by atoms with van der Waals surface area (Å²) < 4.78 is 0. The van der Waals surface area contributed by atoms with E-state index in [9.17, 15) is 4.79 Å². The number of nitrogens with one attached hydrogen (secondary N) is 1. The van der Waals surface area contributed by atoms with Gasteiger partial charge in [0.2, 0.25) is 5.91 Å². The van der Waals surface area contributed by atoms with Gasteiger partial charge in [-0.05, 0) is 24.0 Å². The molecule has 0 atom stereocenters. The minimum absolute atomic E-state index is 0.374. The quantitative estimate of drug-likeness (QED) is 0.630. The number of aromatic nitrogens is 1. The third kappa shape index (κ3) is 6.55. The van der Waals surface area contributed by atoms with Crippen molar-refractivity contribution in [2.45, 2.75) is 45.1 Å². The standard InChI is InChI=1S/C21H29N3O.C2H2O4/c25-21(10-9-17-5-1-2-6-17)24-13-11-23(12-14-24)16-18-15-22-20-8-4-3-7-19(18)20;3-1(4)2(5)6/h3-4,7-8,15,17,22H,1-2,5-6,9-14,16H2;(H,3,4)(H,5,6). The first-order valence-corrected chi connectivity index (χ1v) is 11.0. The molecule has 8 heteroatoms. The van der Waals surface area contributed by atoms with E-state index >= 15 is 0 Å². The van der Waals surface area contributed by atoms with Gasteiger partial charge in [0, 0.05) is 56.2 Å². The molecule has 1 aliphatic carbocycles. The Kier molecular flexibility index (Phi) is 8.06. The van der Waals surface area contributed by atoms with Gasteiger partial charge in [-0.25, -0.2) is 9.59 Å². The summed E-state index contributed by atoms with van der Waals surface area (Å²) in [6, 6.07) is 8.48. The molecule has 1 aromatic carbocycles. The molecule has 168 valence electrons. The number of aliphatic carboxylic acids is 2. The van der Waals surface area contributed by atoms with Gasteiger partial charge < -0.3 is 20.1 Å². The van der Waals surface area contributed by atoms with Gasteiger partial charge in [-0.2, -0.15) is 0 Å². The fraction of sp³-hybridized carbons (Fsp3) is 0.522. The van der Waals surface area contributed by atoms with Crippen LogP contribution in [0.25, 0.3) is 10.9 Å². The Morgan fingerprint density at radius 1 is 0.968 bits per heavy atom. The second-order valence-corrected chi connectivity index (χ2v) is 8.32. The second kappa shape index (κ2) is 10.9. The number of H-pyrrole nitrogens is 1. The highest BCUT2D eigenvalue weighted by Gasteiger charge is 2.23. The van der Waals surface area contributed by atoms with Gasteiger partial charge in [0.1, 0.15) is 0 Å².